The Morgan fingerprint density at radius 3 is 2.46 bits per heavy atom. The van der Waals surface area contributed by atoms with Crippen LogP contribution < -0.4 is 0 Å². The van der Waals surface area contributed by atoms with Gasteiger partial charge in [0.25, 0.3) is 0 Å². The number of hydrogen-bond acceptors (Lipinski definition) is 3. The minimum Gasteiger partial charge on any atom is -0.235 e. The zero-order chi connectivity index (χ0) is 16.9. The molecule has 0 bridgehead atoms. The van der Waals surface area contributed by atoms with Gasteiger partial charge in [0.2, 0.25) is 0 Å². The first-order chi connectivity index (χ1) is 11.4. The van der Waals surface area contributed by atoms with E-state index in [1.807, 2.05) is 0 Å². The quantitative estimate of drug-likeness (QED) is 0.504. The summed E-state index contributed by atoms with van der Waals surface area (Å²) in [7, 11) is 0. The van der Waals surface area contributed by atoms with E-state index in [1.165, 1.54) is 16.9 Å². The van der Waals surface area contributed by atoms with Crippen LogP contribution in [0.15, 0.2) is 48.8 Å². The Bertz CT molecular complexity index is 1050. The van der Waals surface area contributed by atoms with E-state index >= 15 is 0 Å². The van der Waals surface area contributed by atoms with Crippen molar-refractivity contribution in [1.29, 1.82) is 0 Å². The van der Waals surface area contributed by atoms with Crippen LogP contribution in [-0.4, -0.2) is 19.6 Å². The predicted octanol–water partition coefficient (Wildman–Crippen LogP) is 4.62. The molecule has 0 fully saturated rings. The van der Waals surface area contributed by atoms with Crippen molar-refractivity contribution in [2.45, 2.75) is 6.18 Å². The first kappa shape index (κ1) is 14.9. The van der Waals surface area contributed by atoms with Crippen molar-refractivity contribution in [3.63, 3.8) is 0 Å². The highest BCUT2D eigenvalue weighted by Gasteiger charge is 2.33. The van der Waals surface area contributed by atoms with Gasteiger partial charge in [-0.25, -0.2) is 14.5 Å². The van der Waals surface area contributed by atoms with Crippen molar-refractivity contribution in [3.8, 4) is 11.4 Å². The van der Waals surface area contributed by atoms with E-state index in [0.717, 1.165) is 6.07 Å². The van der Waals surface area contributed by atoms with Gasteiger partial charge in [-0.2, -0.15) is 13.2 Å². The second-order valence-electron chi connectivity index (χ2n) is 5.15. The van der Waals surface area contributed by atoms with Gasteiger partial charge in [0.1, 0.15) is 6.33 Å². The molecule has 2 aromatic heterocycles. The number of nitrogens with zero attached hydrogens (tertiary/aromatic N) is 4. The van der Waals surface area contributed by atoms with Gasteiger partial charge in [0.05, 0.1) is 11.1 Å². The number of halogens is 4. The largest absolute Gasteiger partial charge is 0.418 e. The van der Waals surface area contributed by atoms with E-state index in [1.54, 1.807) is 30.3 Å². The van der Waals surface area contributed by atoms with Gasteiger partial charge in [-0.1, -0.05) is 17.7 Å². The monoisotopic (exact) mass is 348 g/mol. The maximum atomic E-state index is 13.1. The second-order valence-corrected chi connectivity index (χ2v) is 5.59. The van der Waals surface area contributed by atoms with Crippen LogP contribution >= 0.6 is 11.6 Å². The normalized spacial score (nSPS) is 12.2. The molecule has 2 heterocycles. The summed E-state index contributed by atoms with van der Waals surface area (Å²) in [5, 5.41) is 5.14. The van der Waals surface area contributed by atoms with Crippen LogP contribution in [0.2, 0.25) is 5.02 Å². The maximum absolute atomic E-state index is 13.1. The number of fused-ring (bicyclic) bond motifs is 3. The summed E-state index contributed by atoms with van der Waals surface area (Å²) in [5.74, 6) is 0.387. The highest BCUT2D eigenvalue weighted by molar-refractivity contribution is 6.30. The van der Waals surface area contributed by atoms with E-state index in [0.29, 0.717) is 27.4 Å². The van der Waals surface area contributed by atoms with Crippen molar-refractivity contribution in [2.75, 3.05) is 0 Å². The Balaban J connectivity index is 1.97. The number of hydrogen-bond donors (Lipinski definition) is 0. The molecule has 0 amide bonds. The molecule has 2 aromatic carbocycles. The van der Waals surface area contributed by atoms with E-state index in [-0.39, 0.29) is 5.52 Å². The average Bonchev–Trinajstić information content (AvgIpc) is 2.98. The highest BCUT2D eigenvalue weighted by atomic mass is 35.5. The van der Waals surface area contributed by atoms with Crippen LogP contribution in [-0.2, 0) is 6.18 Å². The summed E-state index contributed by atoms with van der Waals surface area (Å²) in [4.78, 5) is 8.28. The standard InChI is InChI=1S/C16H8ClF3N4/c17-10-6-4-9(5-7-10)14-22-15-11-2-1-3-12(16(18,19)20)13(11)21-8-24(15)23-14/h1-8H. The molecular weight excluding hydrogens is 341 g/mol. The summed E-state index contributed by atoms with van der Waals surface area (Å²) >= 11 is 5.85. The summed E-state index contributed by atoms with van der Waals surface area (Å²) in [6.07, 6.45) is -3.25. The predicted molar refractivity (Wildman–Crippen MR) is 83.7 cm³/mol. The molecule has 0 aliphatic heterocycles. The molecule has 120 valence electrons. The van der Waals surface area contributed by atoms with Crippen LogP contribution in [0.5, 0.6) is 0 Å². The molecule has 0 saturated heterocycles. The summed E-state index contributed by atoms with van der Waals surface area (Å²) in [5.41, 5.74) is 0.0883. The lowest BCUT2D eigenvalue weighted by Gasteiger charge is -2.09. The zero-order valence-corrected chi connectivity index (χ0v) is 12.7. The van der Waals surface area contributed by atoms with Gasteiger partial charge >= 0.3 is 6.18 Å². The number of benzene rings is 2. The molecule has 4 aromatic rings. The SMILES string of the molecule is FC(F)(F)c1cccc2c1ncn1nc(-c3ccc(Cl)cc3)nc21. The van der Waals surface area contributed by atoms with Gasteiger partial charge in [-0.05, 0) is 36.4 Å². The lowest BCUT2D eigenvalue weighted by molar-refractivity contribution is -0.136. The van der Waals surface area contributed by atoms with E-state index < -0.39 is 11.7 Å². The lowest BCUT2D eigenvalue weighted by Crippen LogP contribution is -2.07. The second kappa shape index (κ2) is 5.17. The smallest absolute Gasteiger partial charge is 0.235 e. The van der Waals surface area contributed by atoms with Gasteiger partial charge in [-0.15, -0.1) is 5.10 Å². The van der Waals surface area contributed by atoms with E-state index in [4.69, 9.17) is 11.6 Å². The van der Waals surface area contributed by atoms with Gasteiger partial charge in [0.15, 0.2) is 11.5 Å². The van der Waals surface area contributed by atoms with Crippen LogP contribution in [0.3, 0.4) is 0 Å². The van der Waals surface area contributed by atoms with Crippen LogP contribution in [0.25, 0.3) is 27.9 Å². The molecule has 0 atom stereocenters. The molecule has 0 spiro atoms. The van der Waals surface area contributed by atoms with Crippen LogP contribution in [0.1, 0.15) is 5.56 Å². The molecule has 0 unspecified atom stereocenters. The maximum Gasteiger partial charge on any atom is 0.418 e. The fourth-order valence-electron chi connectivity index (χ4n) is 2.51. The molecule has 0 aliphatic carbocycles. The highest BCUT2D eigenvalue weighted by Crippen LogP contribution is 2.34. The van der Waals surface area contributed by atoms with Crippen molar-refractivity contribution in [1.82, 2.24) is 19.6 Å². The molecule has 0 N–H and O–H groups in total. The van der Waals surface area contributed by atoms with Crippen molar-refractivity contribution >= 4 is 28.2 Å². The summed E-state index contributed by atoms with van der Waals surface area (Å²) in [6, 6.07) is 10.8. The van der Waals surface area contributed by atoms with Gasteiger partial charge in [-0.3, -0.25) is 0 Å². The fraction of sp³-hybridized carbons (Fsp3) is 0.0625. The van der Waals surface area contributed by atoms with Crippen molar-refractivity contribution < 1.29 is 13.2 Å². The Hall–Kier alpha value is -2.67. The summed E-state index contributed by atoms with van der Waals surface area (Å²) < 4.78 is 40.8. The topological polar surface area (TPSA) is 43.1 Å². The van der Waals surface area contributed by atoms with Crippen LogP contribution in [0.4, 0.5) is 13.2 Å². The first-order valence-electron chi connectivity index (χ1n) is 6.91. The third-order valence-corrected chi connectivity index (χ3v) is 3.86. The molecule has 0 saturated carbocycles. The molecule has 0 aliphatic rings. The fourth-order valence-corrected chi connectivity index (χ4v) is 2.64. The number of rotatable bonds is 1. The van der Waals surface area contributed by atoms with Gasteiger partial charge < -0.3 is 0 Å². The third kappa shape index (κ3) is 2.37. The molecule has 0 radical (unpaired) electrons. The molecule has 8 heteroatoms. The third-order valence-electron chi connectivity index (χ3n) is 3.61. The number of aromatic nitrogens is 4. The van der Waals surface area contributed by atoms with Crippen molar-refractivity contribution in [2.24, 2.45) is 0 Å². The lowest BCUT2D eigenvalue weighted by atomic mass is 10.1. The van der Waals surface area contributed by atoms with E-state index in [2.05, 4.69) is 15.1 Å². The minimum absolute atomic E-state index is 0.146. The Morgan fingerprint density at radius 1 is 1.00 bits per heavy atom. The Labute approximate surface area is 138 Å². The Morgan fingerprint density at radius 2 is 1.75 bits per heavy atom. The van der Waals surface area contributed by atoms with Gasteiger partial charge in [0, 0.05) is 16.0 Å². The minimum atomic E-state index is -4.48. The van der Waals surface area contributed by atoms with Crippen molar-refractivity contribution in [3.05, 3.63) is 59.4 Å². The number of para-hydroxylation sites is 1. The van der Waals surface area contributed by atoms with Crippen LogP contribution in [0, 0.1) is 0 Å². The molecule has 4 rings (SSSR count). The molecule has 24 heavy (non-hydrogen) atoms. The number of alkyl halides is 3. The first-order valence-corrected chi connectivity index (χ1v) is 7.28. The van der Waals surface area contributed by atoms with E-state index in [9.17, 15) is 13.2 Å². The average molecular weight is 349 g/mol. The zero-order valence-electron chi connectivity index (χ0n) is 11.9. The Kier molecular flexibility index (Phi) is 3.21. The molecular formula is C16H8ClF3N4. The molecule has 4 nitrogen and oxygen atoms in total. The summed E-state index contributed by atoms with van der Waals surface area (Å²) in [6.45, 7) is 0.